The molecule has 0 amide bonds. The van der Waals surface area contributed by atoms with E-state index in [0.29, 0.717) is 5.95 Å². The van der Waals surface area contributed by atoms with E-state index in [1.165, 1.54) is 43.6 Å². The molecule has 12 rings (SSSR count). The summed E-state index contributed by atoms with van der Waals surface area (Å²) in [5.41, 5.74) is 13.0. The van der Waals surface area contributed by atoms with Crippen LogP contribution in [0.5, 0.6) is 0 Å². The Morgan fingerprint density at radius 3 is 1.26 bits per heavy atom. The van der Waals surface area contributed by atoms with Gasteiger partial charge in [-0.25, -0.2) is 9.97 Å². The van der Waals surface area contributed by atoms with Crippen molar-refractivity contribution in [3.63, 3.8) is 0 Å². The molecule has 0 spiro atoms. The van der Waals surface area contributed by atoms with Gasteiger partial charge in [-0.15, -0.1) is 0 Å². The van der Waals surface area contributed by atoms with Gasteiger partial charge in [0.25, 0.3) is 0 Å². The Bertz CT molecular complexity index is 3440. The van der Waals surface area contributed by atoms with Crippen molar-refractivity contribution in [2.24, 2.45) is 0 Å². The van der Waals surface area contributed by atoms with Gasteiger partial charge in [0.2, 0.25) is 5.95 Å². The van der Waals surface area contributed by atoms with Crippen molar-refractivity contribution in [1.82, 2.24) is 23.7 Å². The van der Waals surface area contributed by atoms with E-state index in [1.54, 1.807) is 0 Å². The number of para-hydroxylation sites is 4. The van der Waals surface area contributed by atoms with Crippen molar-refractivity contribution >= 4 is 65.4 Å². The first kappa shape index (κ1) is 31.6. The molecule has 0 radical (unpaired) electrons. The maximum atomic E-state index is 5.25. The molecule has 4 heterocycles. The Morgan fingerprint density at radius 1 is 0.281 bits per heavy atom. The molecular weight excluding hydrogens is 695 g/mol. The van der Waals surface area contributed by atoms with Crippen molar-refractivity contribution in [1.29, 1.82) is 0 Å². The second-order valence-electron chi connectivity index (χ2n) is 14.6. The summed E-state index contributed by atoms with van der Waals surface area (Å²) in [6.45, 7) is 0. The molecule has 0 aliphatic rings. The van der Waals surface area contributed by atoms with Gasteiger partial charge in [0.15, 0.2) is 0 Å². The maximum absolute atomic E-state index is 5.25. The van der Waals surface area contributed by atoms with Gasteiger partial charge >= 0.3 is 0 Å². The van der Waals surface area contributed by atoms with Crippen molar-refractivity contribution in [3.05, 3.63) is 200 Å². The van der Waals surface area contributed by atoms with Gasteiger partial charge in [-0.05, 0) is 66.7 Å². The number of hydrogen-bond donors (Lipinski definition) is 0. The summed E-state index contributed by atoms with van der Waals surface area (Å²) in [5.74, 6) is 0.642. The van der Waals surface area contributed by atoms with Crippen LogP contribution in [0, 0.1) is 0 Å². The molecule has 0 fully saturated rings. The standard InChI is InChI=1S/C52H33N5/c1-4-16-34(17-5-1)42-33-43(35-18-6-2-7-19-35)54-52(53-42)57-44-25-13-10-22-38(44)41-32-37(28-29-47(41)57)56-46-27-15-12-24-40(46)51-49(56)31-30-48-50(51)39-23-11-14-26-45(39)55(48)36-20-8-3-9-21-36/h1-33H. The number of nitrogens with zero attached hydrogens (tertiary/aromatic N) is 5. The predicted octanol–water partition coefficient (Wildman–Crippen LogP) is 13.1. The van der Waals surface area contributed by atoms with E-state index in [0.717, 1.165) is 55.7 Å². The molecule has 266 valence electrons. The maximum Gasteiger partial charge on any atom is 0.235 e. The fraction of sp³-hybridized carbons (Fsp3) is 0. The third-order valence-corrected chi connectivity index (χ3v) is 11.5. The molecule has 0 saturated carbocycles. The fourth-order valence-corrected chi connectivity index (χ4v) is 9.02. The first-order chi connectivity index (χ1) is 28.3. The van der Waals surface area contributed by atoms with Crippen molar-refractivity contribution in [2.45, 2.75) is 0 Å². The van der Waals surface area contributed by atoms with Gasteiger partial charge < -0.3 is 9.13 Å². The van der Waals surface area contributed by atoms with Gasteiger partial charge in [-0.1, -0.05) is 133 Å². The summed E-state index contributed by atoms with van der Waals surface area (Å²) in [7, 11) is 0. The molecule has 5 nitrogen and oxygen atoms in total. The van der Waals surface area contributed by atoms with Crippen LogP contribution >= 0.6 is 0 Å². The second kappa shape index (κ2) is 12.4. The zero-order valence-corrected chi connectivity index (χ0v) is 30.8. The largest absolute Gasteiger partial charge is 0.309 e. The Hall–Kier alpha value is -7.76. The summed E-state index contributed by atoms with van der Waals surface area (Å²) >= 11 is 0. The minimum absolute atomic E-state index is 0.642. The highest BCUT2D eigenvalue weighted by atomic mass is 15.2. The van der Waals surface area contributed by atoms with E-state index in [-0.39, 0.29) is 0 Å². The second-order valence-corrected chi connectivity index (χ2v) is 14.6. The Labute approximate surface area is 328 Å². The quantitative estimate of drug-likeness (QED) is 0.177. The average Bonchev–Trinajstić information content (AvgIpc) is 3.92. The third kappa shape index (κ3) is 4.76. The van der Waals surface area contributed by atoms with Crippen LogP contribution in [0.1, 0.15) is 0 Å². The van der Waals surface area contributed by atoms with Gasteiger partial charge in [0, 0.05) is 54.8 Å². The lowest BCUT2D eigenvalue weighted by atomic mass is 10.1. The van der Waals surface area contributed by atoms with Crippen molar-refractivity contribution in [3.8, 4) is 39.8 Å². The Balaban J connectivity index is 1.12. The van der Waals surface area contributed by atoms with E-state index < -0.39 is 0 Å². The van der Waals surface area contributed by atoms with Gasteiger partial charge in [-0.3, -0.25) is 4.57 Å². The molecule has 0 aliphatic carbocycles. The van der Waals surface area contributed by atoms with Crippen LogP contribution in [0.3, 0.4) is 0 Å². The van der Waals surface area contributed by atoms with E-state index in [2.05, 4.69) is 202 Å². The third-order valence-electron chi connectivity index (χ3n) is 11.5. The first-order valence-electron chi connectivity index (χ1n) is 19.3. The highest BCUT2D eigenvalue weighted by molar-refractivity contribution is 6.29. The molecular formula is C52H33N5. The van der Waals surface area contributed by atoms with Crippen LogP contribution in [0.4, 0.5) is 0 Å². The van der Waals surface area contributed by atoms with Crippen LogP contribution in [-0.4, -0.2) is 23.7 Å². The summed E-state index contributed by atoms with van der Waals surface area (Å²) < 4.78 is 7.06. The first-order valence-corrected chi connectivity index (χ1v) is 19.3. The Kier molecular flexibility index (Phi) is 6.86. The van der Waals surface area contributed by atoms with Gasteiger partial charge in [0.05, 0.1) is 44.5 Å². The smallest absolute Gasteiger partial charge is 0.235 e. The number of aromatic nitrogens is 5. The molecule has 0 N–H and O–H groups in total. The van der Waals surface area contributed by atoms with Crippen LogP contribution < -0.4 is 0 Å². The lowest BCUT2D eigenvalue weighted by Gasteiger charge is -2.12. The van der Waals surface area contributed by atoms with Crippen molar-refractivity contribution < 1.29 is 0 Å². The van der Waals surface area contributed by atoms with Gasteiger partial charge in [0.1, 0.15) is 0 Å². The minimum Gasteiger partial charge on any atom is -0.309 e. The van der Waals surface area contributed by atoms with E-state index in [9.17, 15) is 0 Å². The number of benzene rings is 8. The highest BCUT2D eigenvalue weighted by Crippen LogP contribution is 2.43. The number of rotatable bonds is 5. The minimum atomic E-state index is 0.642. The van der Waals surface area contributed by atoms with Crippen LogP contribution in [0.25, 0.3) is 105 Å². The predicted molar refractivity (Wildman–Crippen MR) is 236 cm³/mol. The van der Waals surface area contributed by atoms with E-state index >= 15 is 0 Å². The van der Waals surface area contributed by atoms with Crippen molar-refractivity contribution in [2.75, 3.05) is 0 Å². The monoisotopic (exact) mass is 727 g/mol. The van der Waals surface area contributed by atoms with Gasteiger partial charge in [-0.2, -0.15) is 0 Å². The molecule has 0 unspecified atom stereocenters. The summed E-state index contributed by atoms with van der Waals surface area (Å²) in [4.78, 5) is 10.5. The average molecular weight is 728 g/mol. The summed E-state index contributed by atoms with van der Waals surface area (Å²) in [6, 6.07) is 71.2. The molecule has 0 saturated heterocycles. The molecule has 8 aromatic carbocycles. The normalized spacial score (nSPS) is 11.9. The van der Waals surface area contributed by atoms with E-state index in [1.807, 2.05) is 12.1 Å². The topological polar surface area (TPSA) is 40.6 Å². The molecule has 0 aliphatic heterocycles. The molecule has 12 aromatic rings. The van der Waals surface area contributed by atoms with E-state index in [4.69, 9.17) is 9.97 Å². The summed E-state index contributed by atoms with van der Waals surface area (Å²) in [6.07, 6.45) is 0. The molecule has 4 aromatic heterocycles. The zero-order chi connectivity index (χ0) is 37.5. The van der Waals surface area contributed by atoms with Crippen LogP contribution in [0.15, 0.2) is 200 Å². The molecule has 57 heavy (non-hydrogen) atoms. The Morgan fingerprint density at radius 2 is 0.702 bits per heavy atom. The lowest BCUT2D eigenvalue weighted by Crippen LogP contribution is -2.04. The number of hydrogen-bond acceptors (Lipinski definition) is 2. The number of fused-ring (bicyclic) bond motifs is 10. The molecule has 5 heteroatoms. The molecule has 0 bridgehead atoms. The van der Waals surface area contributed by atoms with Crippen LogP contribution in [-0.2, 0) is 0 Å². The fourth-order valence-electron chi connectivity index (χ4n) is 9.02. The van der Waals surface area contributed by atoms with Crippen LogP contribution in [0.2, 0.25) is 0 Å². The zero-order valence-electron chi connectivity index (χ0n) is 30.8. The SMILES string of the molecule is c1ccc(-c2cc(-c3ccccc3)nc(-n3c4ccccc4c4cc(-n5c6ccccc6c6c7c8ccccc8n(-c8ccccc8)c7ccc65)ccc43)n2)cc1. The summed E-state index contributed by atoms with van der Waals surface area (Å²) in [5, 5.41) is 7.30. The lowest BCUT2D eigenvalue weighted by molar-refractivity contribution is 0.995. The molecule has 0 atom stereocenters. The highest BCUT2D eigenvalue weighted by Gasteiger charge is 2.22.